The summed E-state index contributed by atoms with van der Waals surface area (Å²) in [7, 11) is 1.99. The molecule has 0 saturated carbocycles. The van der Waals surface area contributed by atoms with E-state index in [-0.39, 0.29) is 11.9 Å². The lowest BCUT2D eigenvalue weighted by atomic mass is 10.0. The monoisotopic (exact) mass is 264 g/mol. The predicted molar refractivity (Wildman–Crippen MR) is 74.8 cm³/mol. The number of likely N-dealkylation sites (tertiary alicyclic amines) is 1. The van der Waals surface area contributed by atoms with Gasteiger partial charge in [0.05, 0.1) is 6.04 Å². The van der Waals surface area contributed by atoms with Crippen molar-refractivity contribution in [3.63, 3.8) is 0 Å². The molecule has 0 radical (unpaired) electrons. The first kappa shape index (κ1) is 14.1. The van der Waals surface area contributed by atoms with Crippen LogP contribution in [0.15, 0.2) is 12.4 Å². The SMILES string of the molecule is CC(C)NC1CCCN(CCc2nccn2C)C1=O. The fourth-order valence-electron chi connectivity index (χ4n) is 2.59. The summed E-state index contributed by atoms with van der Waals surface area (Å²) >= 11 is 0. The summed E-state index contributed by atoms with van der Waals surface area (Å²) in [5.74, 6) is 1.28. The number of hydrogen-bond donors (Lipinski definition) is 1. The summed E-state index contributed by atoms with van der Waals surface area (Å²) in [5.41, 5.74) is 0. The van der Waals surface area contributed by atoms with E-state index in [0.717, 1.165) is 38.2 Å². The van der Waals surface area contributed by atoms with Crippen molar-refractivity contribution in [3.05, 3.63) is 18.2 Å². The van der Waals surface area contributed by atoms with Gasteiger partial charge in [0.15, 0.2) is 0 Å². The van der Waals surface area contributed by atoms with E-state index in [1.54, 1.807) is 6.20 Å². The molecule has 1 amide bonds. The van der Waals surface area contributed by atoms with E-state index in [1.807, 2.05) is 22.7 Å². The van der Waals surface area contributed by atoms with Crippen molar-refractivity contribution in [2.75, 3.05) is 13.1 Å². The van der Waals surface area contributed by atoms with Crippen LogP contribution in [0.1, 0.15) is 32.5 Å². The average Bonchev–Trinajstić information content (AvgIpc) is 2.76. The van der Waals surface area contributed by atoms with Crippen LogP contribution in [0, 0.1) is 0 Å². The van der Waals surface area contributed by atoms with Crippen LogP contribution in [0.5, 0.6) is 0 Å². The molecule has 0 aliphatic carbocycles. The van der Waals surface area contributed by atoms with E-state index in [2.05, 4.69) is 24.1 Å². The lowest BCUT2D eigenvalue weighted by Gasteiger charge is -2.33. The number of carbonyl (C=O) groups excluding carboxylic acids is 1. The van der Waals surface area contributed by atoms with Gasteiger partial charge in [0.25, 0.3) is 0 Å². The molecular formula is C14H24N4O. The molecule has 1 saturated heterocycles. The Morgan fingerprint density at radius 3 is 2.95 bits per heavy atom. The lowest BCUT2D eigenvalue weighted by Crippen LogP contribution is -2.52. The Hall–Kier alpha value is -1.36. The molecule has 2 rings (SSSR count). The van der Waals surface area contributed by atoms with E-state index in [4.69, 9.17) is 0 Å². The summed E-state index contributed by atoms with van der Waals surface area (Å²) in [5, 5.41) is 3.35. The number of rotatable bonds is 5. The molecule has 1 fully saturated rings. The molecule has 0 bridgehead atoms. The summed E-state index contributed by atoms with van der Waals surface area (Å²) in [6.07, 6.45) is 6.60. The molecule has 1 unspecified atom stereocenters. The van der Waals surface area contributed by atoms with Gasteiger partial charge in [0.2, 0.25) is 5.91 Å². The van der Waals surface area contributed by atoms with Crippen LogP contribution in [0.2, 0.25) is 0 Å². The van der Waals surface area contributed by atoms with E-state index in [1.165, 1.54) is 0 Å². The lowest BCUT2D eigenvalue weighted by molar-refractivity contribution is -0.136. The summed E-state index contributed by atoms with van der Waals surface area (Å²) < 4.78 is 2.01. The largest absolute Gasteiger partial charge is 0.341 e. The highest BCUT2D eigenvalue weighted by Gasteiger charge is 2.28. The molecule has 1 aromatic rings. The van der Waals surface area contributed by atoms with Crippen molar-refractivity contribution in [3.8, 4) is 0 Å². The molecule has 1 aromatic heterocycles. The summed E-state index contributed by atoms with van der Waals surface area (Å²) in [4.78, 5) is 18.6. The minimum absolute atomic E-state index is 0.00452. The van der Waals surface area contributed by atoms with Crippen LogP contribution in [0.4, 0.5) is 0 Å². The van der Waals surface area contributed by atoms with Gasteiger partial charge in [0, 0.05) is 45.0 Å². The van der Waals surface area contributed by atoms with Crippen molar-refractivity contribution >= 4 is 5.91 Å². The van der Waals surface area contributed by atoms with Crippen LogP contribution in [-0.4, -0.2) is 45.5 Å². The third-order valence-corrected chi connectivity index (χ3v) is 3.59. The van der Waals surface area contributed by atoms with Crippen LogP contribution >= 0.6 is 0 Å². The van der Waals surface area contributed by atoms with Crippen LogP contribution < -0.4 is 5.32 Å². The number of carbonyl (C=O) groups is 1. The van der Waals surface area contributed by atoms with Crippen molar-refractivity contribution in [2.24, 2.45) is 7.05 Å². The van der Waals surface area contributed by atoms with Crippen LogP contribution in [0.25, 0.3) is 0 Å². The molecule has 1 aliphatic rings. The third kappa shape index (κ3) is 3.56. The minimum Gasteiger partial charge on any atom is -0.341 e. The minimum atomic E-state index is -0.00452. The van der Waals surface area contributed by atoms with Crippen LogP contribution in [0.3, 0.4) is 0 Å². The zero-order valence-corrected chi connectivity index (χ0v) is 12.1. The van der Waals surface area contributed by atoms with Gasteiger partial charge in [-0.2, -0.15) is 0 Å². The van der Waals surface area contributed by atoms with Crippen molar-refractivity contribution < 1.29 is 4.79 Å². The number of aromatic nitrogens is 2. The highest BCUT2D eigenvalue weighted by atomic mass is 16.2. The van der Waals surface area contributed by atoms with E-state index in [9.17, 15) is 4.79 Å². The van der Waals surface area contributed by atoms with Gasteiger partial charge in [0.1, 0.15) is 5.82 Å². The van der Waals surface area contributed by atoms with E-state index in [0.29, 0.717) is 6.04 Å². The standard InChI is InChI=1S/C14H24N4O/c1-11(2)16-12-5-4-8-18(14(12)19)9-6-13-15-7-10-17(13)3/h7,10-12,16H,4-6,8-9H2,1-3H3. The van der Waals surface area contributed by atoms with Gasteiger partial charge in [-0.25, -0.2) is 4.98 Å². The molecular weight excluding hydrogens is 240 g/mol. The Labute approximate surface area is 115 Å². The highest BCUT2D eigenvalue weighted by molar-refractivity contribution is 5.82. The molecule has 5 nitrogen and oxygen atoms in total. The molecule has 19 heavy (non-hydrogen) atoms. The first-order valence-electron chi connectivity index (χ1n) is 7.09. The van der Waals surface area contributed by atoms with Gasteiger partial charge in [-0.3, -0.25) is 4.79 Å². The number of piperidine rings is 1. The molecule has 1 aliphatic heterocycles. The normalized spacial score (nSPS) is 20.3. The second-order valence-corrected chi connectivity index (χ2v) is 5.55. The fraction of sp³-hybridized carbons (Fsp3) is 0.714. The number of aryl methyl sites for hydroxylation is 1. The highest BCUT2D eigenvalue weighted by Crippen LogP contribution is 2.13. The molecule has 1 N–H and O–H groups in total. The topological polar surface area (TPSA) is 50.2 Å². The Balaban J connectivity index is 1.89. The maximum absolute atomic E-state index is 12.3. The number of amides is 1. The number of hydrogen-bond acceptors (Lipinski definition) is 3. The van der Waals surface area contributed by atoms with Gasteiger partial charge in [-0.05, 0) is 12.8 Å². The quantitative estimate of drug-likeness (QED) is 0.861. The summed E-state index contributed by atoms with van der Waals surface area (Å²) in [6.45, 7) is 5.81. The Morgan fingerprint density at radius 1 is 1.53 bits per heavy atom. The molecule has 1 atom stereocenters. The summed E-state index contributed by atoms with van der Waals surface area (Å²) in [6, 6.07) is 0.346. The molecule has 0 spiro atoms. The molecule has 2 heterocycles. The van der Waals surface area contributed by atoms with E-state index >= 15 is 0 Å². The van der Waals surface area contributed by atoms with Gasteiger partial charge >= 0.3 is 0 Å². The molecule has 5 heteroatoms. The smallest absolute Gasteiger partial charge is 0.239 e. The fourth-order valence-corrected chi connectivity index (χ4v) is 2.59. The van der Waals surface area contributed by atoms with Gasteiger partial charge in [-0.15, -0.1) is 0 Å². The first-order chi connectivity index (χ1) is 9.08. The Morgan fingerprint density at radius 2 is 2.32 bits per heavy atom. The first-order valence-corrected chi connectivity index (χ1v) is 7.09. The number of nitrogens with one attached hydrogen (secondary N) is 1. The van der Waals surface area contributed by atoms with Crippen LogP contribution in [-0.2, 0) is 18.3 Å². The van der Waals surface area contributed by atoms with Crippen molar-refractivity contribution in [1.82, 2.24) is 19.8 Å². The molecule has 106 valence electrons. The van der Waals surface area contributed by atoms with Gasteiger partial charge < -0.3 is 14.8 Å². The Bertz CT molecular complexity index is 427. The average molecular weight is 264 g/mol. The molecule has 0 aromatic carbocycles. The zero-order chi connectivity index (χ0) is 13.8. The maximum atomic E-state index is 12.3. The second-order valence-electron chi connectivity index (χ2n) is 5.55. The zero-order valence-electron chi connectivity index (χ0n) is 12.1. The van der Waals surface area contributed by atoms with Gasteiger partial charge in [-0.1, -0.05) is 13.8 Å². The predicted octanol–water partition coefficient (Wildman–Crippen LogP) is 0.952. The Kier molecular flexibility index (Phi) is 4.58. The number of imidazole rings is 1. The van der Waals surface area contributed by atoms with Crippen molar-refractivity contribution in [1.29, 1.82) is 0 Å². The van der Waals surface area contributed by atoms with Crippen molar-refractivity contribution in [2.45, 2.75) is 45.2 Å². The maximum Gasteiger partial charge on any atom is 0.239 e. The second kappa shape index (κ2) is 6.19. The third-order valence-electron chi connectivity index (χ3n) is 3.59. The van der Waals surface area contributed by atoms with E-state index < -0.39 is 0 Å². The number of nitrogens with zero attached hydrogens (tertiary/aromatic N) is 3.